The van der Waals surface area contributed by atoms with Crippen LogP contribution >= 0.6 is 12.4 Å². The third-order valence-electron chi connectivity index (χ3n) is 2.61. The highest BCUT2D eigenvalue weighted by atomic mass is 35.5. The van der Waals surface area contributed by atoms with Crippen molar-refractivity contribution in [1.82, 2.24) is 10.3 Å². The molecule has 5 nitrogen and oxygen atoms in total. The van der Waals surface area contributed by atoms with Crippen LogP contribution in [-0.4, -0.2) is 31.7 Å². The molecule has 1 aliphatic rings. The summed E-state index contributed by atoms with van der Waals surface area (Å²) in [5.74, 6) is -0.0785. The van der Waals surface area contributed by atoms with Crippen molar-refractivity contribution in [2.75, 3.05) is 20.8 Å². The fraction of sp³-hybridized carbons (Fsp3) is 0.455. The number of carbonyl (C=O) groups is 1. The van der Waals surface area contributed by atoms with Crippen molar-refractivity contribution in [1.29, 1.82) is 0 Å². The first-order valence-corrected chi connectivity index (χ1v) is 5.12. The lowest BCUT2D eigenvalue weighted by atomic mass is 10.0. The lowest BCUT2D eigenvalue weighted by molar-refractivity contribution is 0.0596. The second kappa shape index (κ2) is 5.84. The molecule has 0 bridgehead atoms. The van der Waals surface area contributed by atoms with Crippen molar-refractivity contribution in [2.24, 2.45) is 0 Å². The van der Waals surface area contributed by atoms with E-state index in [1.165, 1.54) is 14.2 Å². The standard InChI is InChI=1S/C11H14N2O3.ClH/c1-15-10-8(11(14)16-2)5-7-6-12-4-3-9(7)13-10;/h5,12H,3-4,6H2,1-2H3;1H. The molecule has 1 aromatic heterocycles. The van der Waals surface area contributed by atoms with Gasteiger partial charge in [-0.25, -0.2) is 9.78 Å². The monoisotopic (exact) mass is 258 g/mol. The average molecular weight is 259 g/mol. The Balaban J connectivity index is 0.00000144. The van der Waals surface area contributed by atoms with Crippen molar-refractivity contribution in [2.45, 2.75) is 13.0 Å². The van der Waals surface area contributed by atoms with E-state index in [0.29, 0.717) is 11.4 Å². The van der Waals surface area contributed by atoms with Gasteiger partial charge >= 0.3 is 5.97 Å². The molecule has 2 rings (SSSR count). The number of hydrogen-bond donors (Lipinski definition) is 1. The number of carbonyl (C=O) groups excluding carboxylic acids is 1. The maximum Gasteiger partial charge on any atom is 0.343 e. The van der Waals surface area contributed by atoms with Gasteiger partial charge in [-0.05, 0) is 11.6 Å². The number of fused-ring (bicyclic) bond motifs is 1. The van der Waals surface area contributed by atoms with E-state index in [-0.39, 0.29) is 12.4 Å². The van der Waals surface area contributed by atoms with Crippen LogP contribution in [0.5, 0.6) is 5.88 Å². The molecule has 0 atom stereocenters. The van der Waals surface area contributed by atoms with Gasteiger partial charge in [0.15, 0.2) is 0 Å². The number of pyridine rings is 1. The van der Waals surface area contributed by atoms with E-state index >= 15 is 0 Å². The summed E-state index contributed by atoms with van der Waals surface area (Å²) in [6.07, 6.45) is 0.854. The number of nitrogens with one attached hydrogen (secondary N) is 1. The van der Waals surface area contributed by atoms with Crippen molar-refractivity contribution < 1.29 is 14.3 Å². The summed E-state index contributed by atoms with van der Waals surface area (Å²) in [6.45, 7) is 1.64. The predicted molar refractivity (Wildman–Crippen MR) is 64.8 cm³/mol. The van der Waals surface area contributed by atoms with E-state index in [0.717, 1.165) is 30.8 Å². The zero-order valence-corrected chi connectivity index (χ0v) is 10.6. The summed E-state index contributed by atoms with van der Waals surface area (Å²) < 4.78 is 9.79. The van der Waals surface area contributed by atoms with Crippen LogP contribution in [0.25, 0.3) is 0 Å². The SMILES string of the molecule is COC(=O)c1cc2c(nc1OC)CCNC2.Cl. The van der Waals surface area contributed by atoms with Gasteiger partial charge in [-0.2, -0.15) is 0 Å². The molecule has 1 aliphatic heterocycles. The quantitative estimate of drug-likeness (QED) is 0.801. The highest BCUT2D eigenvalue weighted by Crippen LogP contribution is 2.22. The van der Waals surface area contributed by atoms with Crippen LogP contribution in [0.15, 0.2) is 6.07 Å². The summed E-state index contributed by atoms with van der Waals surface area (Å²) in [6, 6.07) is 1.79. The van der Waals surface area contributed by atoms with Crippen molar-refractivity contribution in [3.63, 3.8) is 0 Å². The molecule has 0 aliphatic carbocycles. The third kappa shape index (κ3) is 2.68. The molecule has 0 fully saturated rings. The molecule has 94 valence electrons. The Morgan fingerprint density at radius 2 is 2.24 bits per heavy atom. The zero-order chi connectivity index (χ0) is 11.5. The Morgan fingerprint density at radius 1 is 1.47 bits per heavy atom. The van der Waals surface area contributed by atoms with Gasteiger partial charge in [0.25, 0.3) is 0 Å². The summed E-state index contributed by atoms with van der Waals surface area (Å²) >= 11 is 0. The number of rotatable bonds is 2. The number of esters is 1. The van der Waals surface area contributed by atoms with Crippen molar-refractivity contribution in [3.05, 3.63) is 22.9 Å². The van der Waals surface area contributed by atoms with Gasteiger partial charge in [-0.3, -0.25) is 0 Å². The molecule has 0 saturated heterocycles. The molecule has 0 amide bonds. The first-order valence-electron chi connectivity index (χ1n) is 5.12. The summed E-state index contributed by atoms with van der Waals surface area (Å²) in [7, 11) is 2.85. The summed E-state index contributed by atoms with van der Waals surface area (Å²) in [5.41, 5.74) is 2.41. The van der Waals surface area contributed by atoms with Gasteiger partial charge in [0.05, 0.1) is 19.9 Å². The molecule has 0 aromatic carbocycles. The topological polar surface area (TPSA) is 60.5 Å². The average Bonchev–Trinajstić information content (AvgIpc) is 2.36. The Kier molecular flexibility index (Phi) is 4.72. The molecule has 17 heavy (non-hydrogen) atoms. The highest BCUT2D eigenvalue weighted by Gasteiger charge is 2.19. The van der Waals surface area contributed by atoms with E-state index in [1.54, 1.807) is 6.07 Å². The second-order valence-electron chi connectivity index (χ2n) is 3.57. The Bertz CT molecular complexity index is 423. The number of halogens is 1. The predicted octanol–water partition coefficient (Wildman–Crippen LogP) is 0.944. The maximum atomic E-state index is 11.5. The van der Waals surface area contributed by atoms with Crippen LogP contribution in [0.2, 0.25) is 0 Å². The zero-order valence-electron chi connectivity index (χ0n) is 9.78. The Labute approximate surface area is 106 Å². The van der Waals surface area contributed by atoms with Gasteiger partial charge in [-0.1, -0.05) is 0 Å². The molecular formula is C11H15ClN2O3. The lowest BCUT2D eigenvalue weighted by Gasteiger charge is -2.18. The third-order valence-corrected chi connectivity index (χ3v) is 2.61. The summed E-state index contributed by atoms with van der Waals surface area (Å²) in [5, 5.41) is 3.23. The van der Waals surface area contributed by atoms with Crippen molar-refractivity contribution >= 4 is 18.4 Å². The lowest BCUT2D eigenvalue weighted by Crippen LogP contribution is -2.25. The summed E-state index contributed by atoms with van der Waals surface area (Å²) in [4.78, 5) is 15.9. The minimum Gasteiger partial charge on any atom is -0.480 e. The molecule has 0 unspecified atom stereocenters. The minimum absolute atomic E-state index is 0. The Hall–Kier alpha value is -1.33. The number of ether oxygens (including phenoxy) is 2. The number of nitrogens with zero attached hydrogens (tertiary/aromatic N) is 1. The van der Waals surface area contributed by atoms with E-state index in [2.05, 4.69) is 10.3 Å². The van der Waals surface area contributed by atoms with Crippen LogP contribution in [0.1, 0.15) is 21.6 Å². The first-order chi connectivity index (χ1) is 7.76. The maximum absolute atomic E-state index is 11.5. The number of methoxy groups -OCH3 is 2. The van der Waals surface area contributed by atoms with Crippen molar-refractivity contribution in [3.8, 4) is 5.88 Å². The van der Waals surface area contributed by atoms with E-state index in [1.807, 2.05) is 0 Å². The minimum atomic E-state index is -0.419. The highest BCUT2D eigenvalue weighted by molar-refractivity contribution is 5.92. The molecule has 0 saturated carbocycles. The normalized spacial score (nSPS) is 13.3. The van der Waals surface area contributed by atoms with Gasteiger partial charge in [0.2, 0.25) is 5.88 Å². The molecule has 1 N–H and O–H groups in total. The fourth-order valence-corrected chi connectivity index (χ4v) is 1.79. The van der Waals surface area contributed by atoms with Gasteiger partial charge in [-0.15, -0.1) is 12.4 Å². The smallest absolute Gasteiger partial charge is 0.343 e. The van der Waals surface area contributed by atoms with E-state index < -0.39 is 5.97 Å². The molecule has 0 spiro atoms. The van der Waals surface area contributed by atoms with E-state index in [4.69, 9.17) is 9.47 Å². The Morgan fingerprint density at radius 3 is 2.88 bits per heavy atom. The molecule has 2 heterocycles. The van der Waals surface area contributed by atoms with Crippen LogP contribution in [0.4, 0.5) is 0 Å². The number of aromatic nitrogens is 1. The molecule has 1 aromatic rings. The number of hydrogen-bond acceptors (Lipinski definition) is 5. The molecular weight excluding hydrogens is 244 g/mol. The second-order valence-corrected chi connectivity index (χ2v) is 3.57. The first kappa shape index (κ1) is 13.7. The van der Waals surface area contributed by atoms with Gasteiger partial charge < -0.3 is 14.8 Å². The largest absolute Gasteiger partial charge is 0.480 e. The fourth-order valence-electron chi connectivity index (χ4n) is 1.79. The molecule has 6 heteroatoms. The van der Waals surface area contributed by atoms with Crippen LogP contribution in [0, 0.1) is 0 Å². The van der Waals surface area contributed by atoms with Crippen LogP contribution < -0.4 is 10.1 Å². The molecule has 0 radical (unpaired) electrons. The van der Waals surface area contributed by atoms with E-state index in [9.17, 15) is 4.79 Å². The van der Waals surface area contributed by atoms with Crippen LogP contribution in [0.3, 0.4) is 0 Å². The van der Waals surface area contributed by atoms with Crippen LogP contribution in [-0.2, 0) is 17.7 Å². The van der Waals surface area contributed by atoms with Gasteiger partial charge in [0, 0.05) is 19.5 Å². The van der Waals surface area contributed by atoms with Gasteiger partial charge in [0.1, 0.15) is 5.56 Å².